The third-order valence-electron chi connectivity index (χ3n) is 3.01. The quantitative estimate of drug-likeness (QED) is 0.649. The highest BCUT2D eigenvalue weighted by Gasteiger charge is 2.13. The molecule has 0 spiro atoms. The highest BCUT2D eigenvalue weighted by atomic mass is 15.1. The molecule has 1 fully saturated rings. The minimum absolute atomic E-state index is 0.630. The van der Waals surface area contributed by atoms with E-state index in [1.54, 1.807) is 0 Å². The standard InChI is InChI=1S/C11H20N2/c1-2-11(5-7-12)6-10-13-8-3-4-9-13/h11H,2-6,8-10H2,1H3. The van der Waals surface area contributed by atoms with Gasteiger partial charge in [-0.1, -0.05) is 13.3 Å². The van der Waals surface area contributed by atoms with Crippen molar-refractivity contribution in [2.75, 3.05) is 19.6 Å². The van der Waals surface area contributed by atoms with E-state index < -0.39 is 0 Å². The molecule has 1 unspecified atom stereocenters. The number of hydrogen-bond donors (Lipinski definition) is 0. The molecule has 74 valence electrons. The zero-order valence-electron chi connectivity index (χ0n) is 8.63. The first-order valence-corrected chi connectivity index (χ1v) is 5.46. The molecule has 0 amide bonds. The highest BCUT2D eigenvalue weighted by Crippen LogP contribution is 2.15. The van der Waals surface area contributed by atoms with Crippen LogP contribution in [0.3, 0.4) is 0 Å². The van der Waals surface area contributed by atoms with Crippen molar-refractivity contribution in [3.63, 3.8) is 0 Å². The zero-order valence-corrected chi connectivity index (χ0v) is 8.63. The van der Waals surface area contributed by atoms with Crippen LogP contribution in [0.15, 0.2) is 0 Å². The van der Waals surface area contributed by atoms with E-state index in [0.29, 0.717) is 5.92 Å². The fourth-order valence-electron chi connectivity index (χ4n) is 1.95. The van der Waals surface area contributed by atoms with Crippen LogP contribution in [0.2, 0.25) is 0 Å². The van der Waals surface area contributed by atoms with Crippen molar-refractivity contribution in [3.05, 3.63) is 0 Å². The van der Waals surface area contributed by atoms with Crippen molar-refractivity contribution in [2.45, 2.75) is 39.0 Å². The van der Waals surface area contributed by atoms with Crippen LogP contribution >= 0.6 is 0 Å². The van der Waals surface area contributed by atoms with Gasteiger partial charge in [0.05, 0.1) is 6.07 Å². The average molecular weight is 180 g/mol. The Balaban J connectivity index is 2.11. The Labute approximate surface area is 81.5 Å². The highest BCUT2D eigenvalue weighted by molar-refractivity contribution is 4.76. The first-order chi connectivity index (χ1) is 6.36. The maximum absolute atomic E-state index is 8.60. The van der Waals surface area contributed by atoms with E-state index in [9.17, 15) is 0 Å². The Kier molecular flexibility index (Phi) is 4.85. The summed E-state index contributed by atoms with van der Waals surface area (Å²) in [6, 6.07) is 2.28. The van der Waals surface area contributed by atoms with Crippen LogP contribution in [0.5, 0.6) is 0 Å². The minimum atomic E-state index is 0.630. The normalized spacial score (nSPS) is 20.0. The number of rotatable bonds is 5. The molecule has 2 nitrogen and oxygen atoms in total. The van der Waals surface area contributed by atoms with E-state index in [0.717, 1.165) is 12.8 Å². The molecule has 1 aliphatic heterocycles. The van der Waals surface area contributed by atoms with Crippen LogP contribution in [0, 0.1) is 17.2 Å². The van der Waals surface area contributed by atoms with Crippen molar-refractivity contribution in [2.24, 2.45) is 5.92 Å². The lowest BCUT2D eigenvalue weighted by Crippen LogP contribution is -2.22. The molecule has 1 saturated heterocycles. The summed E-state index contributed by atoms with van der Waals surface area (Å²) in [7, 11) is 0. The fourth-order valence-corrected chi connectivity index (χ4v) is 1.95. The first kappa shape index (κ1) is 10.5. The molecular formula is C11H20N2. The van der Waals surface area contributed by atoms with Gasteiger partial charge >= 0.3 is 0 Å². The van der Waals surface area contributed by atoms with Crippen molar-refractivity contribution >= 4 is 0 Å². The van der Waals surface area contributed by atoms with Gasteiger partial charge in [0.2, 0.25) is 0 Å². The lowest BCUT2D eigenvalue weighted by atomic mass is 9.99. The molecule has 0 bridgehead atoms. The third-order valence-corrected chi connectivity index (χ3v) is 3.01. The molecule has 1 heterocycles. The van der Waals surface area contributed by atoms with Gasteiger partial charge in [-0.2, -0.15) is 5.26 Å². The summed E-state index contributed by atoms with van der Waals surface area (Å²) in [6.45, 7) is 5.96. The van der Waals surface area contributed by atoms with E-state index in [-0.39, 0.29) is 0 Å². The summed E-state index contributed by atoms with van der Waals surface area (Å²) < 4.78 is 0. The Morgan fingerprint density at radius 1 is 1.38 bits per heavy atom. The van der Waals surface area contributed by atoms with E-state index in [4.69, 9.17) is 5.26 Å². The van der Waals surface area contributed by atoms with Gasteiger partial charge in [0, 0.05) is 6.42 Å². The molecule has 1 rings (SSSR count). The van der Waals surface area contributed by atoms with Gasteiger partial charge in [-0.3, -0.25) is 0 Å². The van der Waals surface area contributed by atoms with Crippen LogP contribution < -0.4 is 0 Å². The predicted molar refractivity (Wildman–Crippen MR) is 54.3 cm³/mol. The van der Waals surface area contributed by atoms with E-state index in [1.165, 1.54) is 38.9 Å². The average Bonchev–Trinajstić information content (AvgIpc) is 2.64. The maximum atomic E-state index is 8.60. The number of nitriles is 1. The molecule has 0 radical (unpaired) electrons. The molecule has 2 heteroatoms. The van der Waals surface area contributed by atoms with Crippen molar-refractivity contribution in [1.82, 2.24) is 4.90 Å². The molecule has 0 N–H and O–H groups in total. The molecule has 13 heavy (non-hydrogen) atoms. The second-order valence-electron chi connectivity index (χ2n) is 3.97. The Morgan fingerprint density at radius 2 is 2.08 bits per heavy atom. The summed E-state index contributed by atoms with van der Waals surface area (Å²) in [4.78, 5) is 2.53. The summed E-state index contributed by atoms with van der Waals surface area (Å²) in [5, 5.41) is 8.60. The van der Waals surface area contributed by atoms with Crippen molar-refractivity contribution in [1.29, 1.82) is 5.26 Å². The SMILES string of the molecule is CCC(CC#N)CCN1CCCC1. The van der Waals surface area contributed by atoms with Gasteiger partial charge in [0.25, 0.3) is 0 Å². The van der Waals surface area contributed by atoms with Crippen LogP contribution in [0.25, 0.3) is 0 Å². The molecule has 0 aromatic carbocycles. The second-order valence-corrected chi connectivity index (χ2v) is 3.97. The Hall–Kier alpha value is -0.550. The minimum Gasteiger partial charge on any atom is -0.303 e. The van der Waals surface area contributed by atoms with Gasteiger partial charge in [0.1, 0.15) is 0 Å². The number of nitrogens with zero attached hydrogens (tertiary/aromatic N) is 2. The fraction of sp³-hybridized carbons (Fsp3) is 0.909. The molecule has 0 aromatic heterocycles. The molecule has 0 saturated carbocycles. The lowest BCUT2D eigenvalue weighted by Gasteiger charge is -2.17. The van der Waals surface area contributed by atoms with Gasteiger partial charge in [-0.25, -0.2) is 0 Å². The maximum Gasteiger partial charge on any atom is 0.0624 e. The number of likely N-dealkylation sites (tertiary alicyclic amines) is 1. The van der Waals surface area contributed by atoms with Gasteiger partial charge < -0.3 is 4.90 Å². The van der Waals surface area contributed by atoms with E-state index >= 15 is 0 Å². The topological polar surface area (TPSA) is 27.0 Å². The van der Waals surface area contributed by atoms with Gasteiger partial charge in [-0.05, 0) is 44.8 Å². The largest absolute Gasteiger partial charge is 0.303 e. The summed E-state index contributed by atoms with van der Waals surface area (Å²) in [5.41, 5.74) is 0. The zero-order chi connectivity index (χ0) is 9.52. The third kappa shape index (κ3) is 3.78. The first-order valence-electron chi connectivity index (χ1n) is 5.46. The van der Waals surface area contributed by atoms with Crippen molar-refractivity contribution in [3.8, 4) is 6.07 Å². The predicted octanol–water partition coefficient (Wildman–Crippen LogP) is 2.41. The summed E-state index contributed by atoms with van der Waals surface area (Å²) in [6.07, 6.45) is 5.85. The van der Waals surface area contributed by atoms with E-state index in [2.05, 4.69) is 17.9 Å². The molecular weight excluding hydrogens is 160 g/mol. The Morgan fingerprint density at radius 3 is 2.62 bits per heavy atom. The monoisotopic (exact) mass is 180 g/mol. The van der Waals surface area contributed by atoms with Gasteiger partial charge in [-0.15, -0.1) is 0 Å². The molecule has 1 atom stereocenters. The molecule has 0 aliphatic carbocycles. The number of hydrogen-bond acceptors (Lipinski definition) is 2. The Bertz CT molecular complexity index is 165. The summed E-state index contributed by atoms with van der Waals surface area (Å²) >= 11 is 0. The molecule has 0 aromatic rings. The van der Waals surface area contributed by atoms with Gasteiger partial charge in [0.15, 0.2) is 0 Å². The van der Waals surface area contributed by atoms with E-state index in [1.807, 2.05) is 0 Å². The van der Waals surface area contributed by atoms with Crippen molar-refractivity contribution < 1.29 is 0 Å². The smallest absolute Gasteiger partial charge is 0.0624 e. The lowest BCUT2D eigenvalue weighted by molar-refractivity contribution is 0.300. The van der Waals surface area contributed by atoms with Crippen LogP contribution in [-0.4, -0.2) is 24.5 Å². The van der Waals surface area contributed by atoms with Crippen LogP contribution in [0.4, 0.5) is 0 Å². The second kappa shape index (κ2) is 5.99. The summed E-state index contributed by atoms with van der Waals surface area (Å²) in [5.74, 6) is 0.630. The van der Waals surface area contributed by atoms with Crippen LogP contribution in [0.1, 0.15) is 39.0 Å². The molecule has 1 aliphatic rings. The van der Waals surface area contributed by atoms with Crippen LogP contribution in [-0.2, 0) is 0 Å².